The minimum Gasteiger partial charge on any atom is -0.393 e. The highest BCUT2D eigenvalue weighted by Gasteiger charge is 2.12. The highest BCUT2D eigenvalue weighted by Crippen LogP contribution is 2.17. The largest absolute Gasteiger partial charge is 0.393 e. The molecule has 0 rings (SSSR count). The van der Waals surface area contributed by atoms with E-state index in [4.69, 9.17) is 0 Å². The first kappa shape index (κ1) is 8.96. The summed E-state index contributed by atoms with van der Waals surface area (Å²) in [6, 6.07) is 0. The van der Waals surface area contributed by atoms with E-state index in [-0.39, 0.29) is 6.10 Å². The van der Waals surface area contributed by atoms with Crippen molar-refractivity contribution in [2.75, 3.05) is 0 Å². The normalized spacial score (nSPS) is 14.3. The van der Waals surface area contributed by atoms with Crippen LogP contribution in [0, 0.1) is 5.92 Å². The van der Waals surface area contributed by atoms with Crippen LogP contribution < -0.4 is 0 Å². The maximum atomic E-state index is 9.28. The van der Waals surface area contributed by atoms with Crippen LogP contribution in [0.15, 0.2) is 0 Å². The third-order valence-corrected chi connectivity index (χ3v) is 1.77. The first-order valence-corrected chi connectivity index (χ1v) is 3.78. The molecule has 1 nitrogen and oxygen atoms in total. The Morgan fingerprint density at radius 1 is 1.22 bits per heavy atom. The van der Waals surface area contributed by atoms with Gasteiger partial charge in [-0.15, -0.1) is 0 Å². The first-order valence-electron chi connectivity index (χ1n) is 3.78. The molecule has 0 aliphatic carbocycles. The van der Waals surface area contributed by atoms with Crippen molar-refractivity contribution in [3.05, 3.63) is 5.92 Å². The van der Waals surface area contributed by atoms with Crippen LogP contribution in [0.25, 0.3) is 0 Å². The molecule has 0 aliphatic heterocycles. The van der Waals surface area contributed by atoms with E-state index in [1.165, 1.54) is 5.92 Å². The van der Waals surface area contributed by atoms with Crippen LogP contribution in [0.4, 0.5) is 0 Å². The highest BCUT2D eigenvalue weighted by molar-refractivity contribution is 4.93. The van der Waals surface area contributed by atoms with E-state index in [2.05, 4.69) is 13.8 Å². The van der Waals surface area contributed by atoms with Crippen molar-refractivity contribution in [2.24, 2.45) is 0 Å². The van der Waals surface area contributed by atoms with Crippen molar-refractivity contribution in [3.63, 3.8) is 0 Å². The van der Waals surface area contributed by atoms with E-state index >= 15 is 0 Å². The zero-order valence-corrected chi connectivity index (χ0v) is 6.65. The lowest BCUT2D eigenvalue weighted by Gasteiger charge is -2.16. The van der Waals surface area contributed by atoms with Gasteiger partial charge in [0.25, 0.3) is 0 Å². The molecule has 1 N–H and O–H groups in total. The summed E-state index contributed by atoms with van der Waals surface area (Å²) < 4.78 is 0. The van der Waals surface area contributed by atoms with Crippen molar-refractivity contribution in [1.82, 2.24) is 0 Å². The molecule has 55 valence electrons. The summed E-state index contributed by atoms with van der Waals surface area (Å²) in [4.78, 5) is 0. The van der Waals surface area contributed by atoms with Gasteiger partial charge in [0.15, 0.2) is 0 Å². The molecule has 9 heavy (non-hydrogen) atoms. The van der Waals surface area contributed by atoms with Gasteiger partial charge in [-0.05, 0) is 19.3 Å². The van der Waals surface area contributed by atoms with Crippen LogP contribution in [0.3, 0.4) is 0 Å². The molecule has 0 aromatic carbocycles. The lowest BCUT2D eigenvalue weighted by molar-refractivity contribution is 0.174. The first-order chi connectivity index (χ1) is 4.26. The molecule has 1 unspecified atom stereocenters. The van der Waals surface area contributed by atoms with Crippen molar-refractivity contribution >= 4 is 0 Å². The van der Waals surface area contributed by atoms with Crippen molar-refractivity contribution < 1.29 is 5.11 Å². The van der Waals surface area contributed by atoms with Gasteiger partial charge in [0.2, 0.25) is 0 Å². The minimum absolute atomic E-state index is 0.153. The second-order valence-electron chi connectivity index (χ2n) is 2.29. The SMILES string of the molecule is CC[C](CC)C(O)CC. The fourth-order valence-electron chi connectivity index (χ4n) is 1.01. The molecule has 0 bridgehead atoms. The number of rotatable bonds is 4. The molecule has 1 radical (unpaired) electrons. The Morgan fingerprint density at radius 3 is 1.78 bits per heavy atom. The molecular weight excluding hydrogens is 112 g/mol. The topological polar surface area (TPSA) is 20.2 Å². The van der Waals surface area contributed by atoms with Crippen molar-refractivity contribution in [3.8, 4) is 0 Å². The van der Waals surface area contributed by atoms with Crippen LogP contribution in [0.2, 0.25) is 0 Å². The van der Waals surface area contributed by atoms with E-state index in [9.17, 15) is 5.11 Å². The minimum atomic E-state index is -0.153. The highest BCUT2D eigenvalue weighted by atomic mass is 16.3. The van der Waals surface area contributed by atoms with Gasteiger partial charge in [0, 0.05) is 5.92 Å². The van der Waals surface area contributed by atoms with Crippen LogP contribution in [0.1, 0.15) is 40.0 Å². The Morgan fingerprint density at radius 2 is 1.67 bits per heavy atom. The third kappa shape index (κ3) is 2.85. The average Bonchev–Trinajstić information content (AvgIpc) is 1.90. The lowest BCUT2D eigenvalue weighted by atomic mass is 9.95. The zero-order valence-electron chi connectivity index (χ0n) is 6.65. The Balaban J connectivity index is 3.50. The quantitative estimate of drug-likeness (QED) is 0.616. The van der Waals surface area contributed by atoms with Crippen molar-refractivity contribution in [1.29, 1.82) is 0 Å². The van der Waals surface area contributed by atoms with Crippen LogP contribution >= 0.6 is 0 Å². The standard InChI is InChI=1S/C8H17O/c1-4-7(5-2)8(9)6-3/h8-9H,4-6H2,1-3H3. The summed E-state index contributed by atoms with van der Waals surface area (Å²) in [5.41, 5.74) is 0. The number of hydrogen-bond donors (Lipinski definition) is 1. The molecule has 0 aromatic heterocycles. The Bertz CT molecular complexity index is 57.6. The molecule has 0 amide bonds. The average molecular weight is 129 g/mol. The fraction of sp³-hybridized carbons (Fsp3) is 0.875. The van der Waals surface area contributed by atoms with Gasteiger partial charge < -0.3 is 5.11 Å². The number of aliphatic hydroxyl groups excluding tert-OH is 1. The Hall–Kier alpha value is -0.0400. The van der Waals surface area contributed by atoms with Gasteiger partial charge in [-0.1, -0.05) is 20.8 Å². The maximum Gasteiger partial charge on any atom is 0.0599 e. The Labute approximate surface area is 58.1 Å². The molecule has 0 saturated heterocycles. The Kier molecular flexibility index (Phi) is 4.78. The molecule has 0 saturated carbocycles. The van der Waals surface area contributed by atoms with Crippen LogP contribution in [-0.2, 0) is 0 Å². The van der Waals surface area contributed by atoms with E-state index in [1.54, 1.807) is 0 Å². The summed E-state index contributed by atoms with van der Waals surface area (Å²) >= 11 is 0. The van der Waals surface area contributed by atoms with E-state index in [1.807, 2.05) is 6.92 Å². The lowest BCUT2D eigenvalue weighted by Crippen LogP contribution is -2.15. The van der Waals surface area contributed by atoms with Gasteiger partial charge in [-0.2, -0.15) is 0 Å². The monoisotopic (exact) mass is 129 g/mol. The van der Waals surface area contributed by atoms with Crippen molar-refractivity contribution in [2.45, 2.75) is 46.1 Å². The summed E-state index contributed by atoms with van der Waals surface area (Å²) in [5.74, 6) is 1.28. The zero-order chi connectivity index (χ0) is 7.28. The number of aliphatic hydroxyl groups is 1. The predicted molar refractivity (Wildman–Crippen MR) is 40.1 cm³/mol. The molecule has 0 aliphatic rings. The second-order valence-corrected chi connectivity index (χ2v) is 2.29. The van der Waals surface area contributed by atoms with Gasteiger partial charge in [0.1, 0.15) is 0 Å². The molecular formula is C8H17O. The van der Waals surface area contributed by atoms with Gasteiger partial charge in [-0.25, -0.2) is 0 Å². The summed E-state index contributed by atoms with van der Waals surface area (Å²) in [7, 11) is 0. The number of hydrogen-bond acceptors (Lipinski definition) is 1. The third-order valence-electron chi connectivity index (χ3n) is 1.77. The smallest absolute Gasteiger partial charge is 0.0599 e. The molecule has 1 atom stereocenters. The van der Waals surface area contributed by atoms with Gasteiger partial charge >= 0.3 is 0 Å². The summed E-state index contributed by atoms with van der Waals surface area (Å²) in [6.07, 6.45) is 2.74. The predicted octanol–water partition coefficient (Wildman–Crippen LogP) is 2.15. The summed E-state index contributed by atoms with van der Waals surface area (Å²) in [6.45, 7) is 6.20. The summed E-state index contributed by atoms with van der Waals surface area (Å²) in [5, 5.41) is 9.28. The molecule has 0 spiro atoms. The van der Waals surface area contributed by atoms with Gasteiger partial charge in [-0.3, -0.25) is 0 Å². The van der Waals surface area contributed by atoms with Gasteiger partial charge in [0.05, 0.1) is 6.10 Å². The molecule has 1 heteroatoms. The second kappa shape index (κ2) is 4.80. The van der Waals surface area contributed by atoms with E-state index < -0.39 is 0 Å². The van der Waals surface area contributed by atoms with Crippen LogP contribution in [0.5, 0.6) is 0 Å². The maximum absolute atomic E-state index is 9.28. The van der Waals surface area contributed by atoms with E-state index in [0.717, 1.165) is 19.3 Å². The fourth-order valence-corrected chi connectivity index (χ4v) is 1.01. The van der Waals surface area contributed by atoms with Crippen LogP contribution in [-0.4, -0.2) is 11.2 Å². The molecule has 0 fully saturated rings. The molecule has 0 heterocycles. The van der Waals surface area contributed by atoms with E-state index in [0.29, 0.717) is 0 Å². The molecule has 0 aromatic rings.